The van der Waals surface area contributed by atoms with Crippen LogP contribution in [0.5, 0.6) is 0 Å². The Hall–Kier alpha value is -3.33. The van der Waals surface area contributed by atoms with Crippen molar-refractivity contribution in [2.45, 2.75) is 70.3 Å². The van der Waals surface area contributed by atoms with Crippen LogP contribution in [-0.4, -0.2) is 75.9 Å². The van der Waals surface area contributed by atoms with Crippen LogP contribution in [0.3, 0.4) is 0 Å². The lowest BCUT2D eigenvalue weighted by atomic mass is 9.91. The molecular weight excluding hydrogens is 549 g/mol. The van der Waals surface area contributed by atoms with Gasteiger partial charge in [-0.25, -0.2) is 23.4 Å². The molecule has 0 saturated heterocycles. The summed E-state index contributed by atoms with van der Waals surface area (Å²) in [6, 6.07) is 3.22. The number of rotatable bonds is 9. The number of pyridine rings is 1. The number of sulfonamides is 1. The molecule has 0 spiro atoms. The van der Waals surface area contributed by atoms with Crippen LogP contribution in [0, 0.1) is 0 Å². The molecule has 1 saturated carbocycles. The Labute approximate surface area is 230 Å². The van der Waals surface area contributed by atoms with Crippen molar-refractivity contribution >= 4 is 33.0 Å². The van der Waals surface area contributed by atoms with Crippen molar-refractivity contribution in [1.82, 2.24) is 29.4 Å². The van der Waals surface area contributed by atoms with Crippen molar-refractivity contribution < 1.29 is 21.6 Å². The fourth-order valence-electron chi connectivity index (χ4n) is 4.71. The maximum Gasteiger partial charge on any atom is 0.390 e. The highest BCUT2D eigenvalue weighted by Gasteiger charge is 2.30. The minimum atomic E-state index is -4.60. The van der Waals surface area contributed by atoms with Gasteiger partial charge in [0.25, 0.3) is 5.56 Å². The molecule has 40 heavy (non-hydrogen) atoms. The van der Waals surface area contributed by atoms with Crippen LogP contribution in [-0.2, 0) is 10.0 Å². The normalized spacial score (nSPS) is 18.4. The molecule has 0 amide bonds. The number of anilines is 2. The maximum atomic E-state index is 13.5. The zero-order valence-corrected chi connectivity index (χ0v) is 23.6. The summed E-state index contributed by atoms with van der Waals surface area (Å²) < 4.78 is 64.7. The lowest BCUT2D eigenvalue weighted by Gasteiger charge is -2.32. The van der Waals surface area contributed by atoms with Gasteiger partial charge in [-0.3, -0.25) is 14.1 Å². The highest BCUT2D eigenvalue weighted by molar-refractivity contribution is 7.92. The van der Waals surface area contributed by atoms with Gasteiger partial charge in [0.2, 0.25) is 16.0 Å². The number of hydrogen-bond acceptors (Lipinski definition) is 9. The van der Waals surface area contributed by atoms with E-state index in [-0.39, 0.29) is 23.6 Å². The van der Waals surface area contributed by atoms with E-state index in [2.05, 4.69) is 44.2 Å². The van der Waals surface area contributed by atoms with Gasteiger partial charge in [-0.2, -0.15) is 18.2 Å². The van der Waals surface area contributed by atoms with Crippen LogP contribution >= 0.6 is 0 Å². The Morgan fingerprint density at radius 1 is 1.07 bits per heavy atom. The van der Waals surface area contributed by atoms with Crippen LogP contribution in [0.15, 0.2) is 29.3 Å². The van der Waals surface area contributed by atoms with Crippen molar-refractivity contribution in [3.8, 4) is 11.3 Å². The predicted molar refractivity (Wildman–Crippen MR) is 147 cm³/mol. The summed E-state index contributed by atoms with van der Waals surface area (Å²) in [7, 11) is -0.0821. The van der Waals surface area contributed by atoms with Crippen molar-refractivity contribution in [1.29, 1.82) is 0 Å². The first-order valence-electron chi connectivity index (χ1n) is 13.0. The van der Waals surface area contributed by atoms with E-state index in [0.29, 0.717) is 28.7 Å². The van der Waals surface area contributed by atoms with Crippen LogP contribution < -0.4 is 15.6 Å². The monoisotopic (exact) mass is 582 g/mol. The highest BCUT2D eigenvalue weighted by atomic mass is 32.2. The molecule has 11 nitrogen and oxygen atoms in total. The predicted octanol–water partition coefficient (Wildman–Crippen LogP) is 3.81. The number of alkyl halides is 3. The van der Waals surface area contributed by atoms with Crippen LogP contribution in [0.1, 0.15) is 52.0 Å². The molecule has 1 fully saturated rings. The van der Waals surface area contributed by atoms with Gasteiger partial charge in [0.05, 0.1) is 18.4 Å². The van der Waals surface area contributed by atoms with Crippen LogP contribution in [0.4, 0.5) is 24.9 Å². The number of hydrogen-bond donors (Lipinski definition) is 2. The van der Waals surface area contributed by atoms with E-state index in [1.54, 1.807) is 6.20 Å². The molecule has 1 aliphatic carbocycles. The molecule has 3 aromatic rings. The van der Waals surface area contributed by atoms with Gasteiger partial charge in [0.15, 0.2) is 5.65 Å². The minimum Gasteiger partial charge on any atom is -0.351 e. The average molecular weight is 583 g/mol. The smallest absolute Gasteiger partial charge is 0.351 e. The van der Waals surface area contributed by atoms with E-state index in [1.165, 1.54) is 22.9 Å². The zero-order chi connectivity index (χ0) is 29.2. The fraction of sp³-hybridized carbons (Fsp3) is 0.560. The van der Waals surface area contributed by atoms with Crippen LogP contribution in [0.25, 0.3) is 22.4 Å². The van der Waals surface area contributed by atoms with E-state index < -0.39 is 33.9 Å². The maximum absolute atomic E-state index is 13.5. The summed E-state index contributed by atoms with van der Waals surface area (Å²) in [4.78, 5) is 33.2. The molecule has 3 heterocycles. The van der Waals surface area contributed by atoms with E-state index >= 15 is 0 Å². The molecule has 0 aromatic carbocycles. The summed E-state index contributed by atoms with van der Waals surface area (Å²) in [5.74, 6) is -0.873. The summed E-state index contributed by atoms with van der Waals surface area (Å²) in [6.07, 6.45) is 0.823. The Balaban J connectivity index is 1.57. The summed E-state index contributed by atoms with van der Waals surface area (Å²) in [6.45, 7) is 3.69. The van der Waals surface area contributed by atoms with Gasteiger partial charge in [0.1, 0.15) is 17.0 Å². The number of aromatic nitrogens is 5. The first-order chi connectivity index (χ1) is 18.7. The minimum absolute atomic E-state index is 0.0616. The molecule has 0 radical (unpaired) electrons. The van der Waals surface area contributed by atoms with Gasteiger partial charge in [-0.1, -0.05) is 0 Å². The first-order valence-corrected chi connectivity index (χ1v) is 14.6. The molecule has 2 N–H and O–H groups in total. The van der Waals surface area contributed by atoms with E-state index in [4.69, 9.17) is 0 Å². The number of halogens is 3. The van der Waals surface area contributed by atoms with Crippen molar-refractivity contribution in [2.75, 3.05) is 29.9 Å². The summed E-state index contributed by atoms with van der Waals surface area (Å²) >= 11 is 0. The first kappa shape index (κ1) is 29.6. The lowest BCUT2D eigenvalue weighted by molar-refractivity contribution is -0.129. The molecule has 0 unspecified atom stereocenters. The SMILES string of the molecule is CC(C)n1c(=O)c(-c2ccc(NS(=O)(=O)CCC(F)(F)F)nc2)nc2cnc(N[C@H]3CC[C@H](N(C)C)CC3)nc21. The van der Waals surface area contributed by atoms with Gasteiger partial charge >= 0.3 is 6.18 Å². The Morgan fingerprint density at radius 2 is 1.77 bits per heavy atom. The van der Waals surface area contributed by atoms with Gasteiger partial charge in [-0.05, 0) is 65.8 Å². The molecule has 0 aliphatic heterocycles. The Bertz CT molecular complexity index is 1500. The second kappa shape index (κ2) is 11.6. The quantitative estimate of drug-likeness (QED) is 0.386. The number of nitrogens with zero attached hydrogens (tertiary/aromatic N) is 6. The summed E-state index contributed by atoms with van der Waals surface area (Å²) in [5, 5.41) is 3.39. The molecule has 218 valence electrons. The fourth-order valence-corrected chi connectivity index (χ4v) is 5.75. The van der Waals surface area contributed by atoms with Gasteiger partial charge < -0.3 is 10.2 Å². The third-order valence-electron chi connectivity index (χ3n) is 6.86. The average Bonchev–Trinajstić information content (AvgIpc) is 2.87. The van der Waals surface area contributed by atoms with E-state index in [1.807, 2.05) is 18.6 Å². The molecule has 15 heteroatoms. The number of nitrogens with one attached hydrogen (secondary N) is 2. The van der Waals surface area contributed by atoms with Crippen molar-refractivity contribution in [3.05, 3.63) is 34.9 Å². The number of fused-ring (bicyclic) bond motifs is 1. The van der Waals surface area contributed by atoms with Crippen LogP contribution in [0.2, 0.25) is 0 Å². The highest BCUT2D eigenvalue weighted by Crippen LogP contribution is 2.25. The molecule has 4 rings (SSSR count). The third-order valence-corrected chi connectivity index (χ3v) is 8.12. The second-order valence-corrected chi connectivity index (χ2v) is 12.3. The zero-order valence-electron chi connectivity index (χ0n) is 22.7. The summed E-state index contributed by atoms with van der Waals surface area (Å²) in [5.41, 5.74) is 0.720. The molecule has 0 atom stereocenters. The second-order valence-electron chi connectivity index (χ2n) is 10.5. The van der Waals surface area contributed by atoms with E-state index in [0.717, 1.165) is 25.7 Å². The van der Waals surface area contributed by atoms with Gasteiger partial charge in [0, 0.05) is 29.9 Å². The third kappa shape index (κ3) is 7.24. The molecule has 0 bridgehead atoms. The molecule has 3 aromatic heterocycles. The standard InChI is InChI=1S/C25H33F3N8O3S/c1-15(2)36-22-19(14-30-24(33-22)31-17-6-8-18(9-7-17)35(3)4)32-21(23(36)37)16-5-10-20(29-13-16)34-40(38,39)12-11-25(26,27)28/h5,10,13-15,17-18H,6-9,11-12H2,1-4H3,(H,29,34)(H,30,31,33)/t17-,18-. The van der Waals surface area contributed by atoms with E-state index in [9.17, 15) is 26.4 Å². The van der Waals surface area contributed by atoms with Crippen molar-refractivity contribution in [3.63, 3.8) is 0 Å². The van der Waals surface area contributed by atoms with Crippen molar-refractivity contribution in [2.24, 2.45) is 0 Å². The molecular formula is C25H33F3N8O3S. The Kier molecular flexibility index (Phi) is 8.63. The largest absolute Gasteiger partial charge is 0.390 e. The topological polar surface area (TPSA) is 135 Å². The Morgan fingerprint density at radius 3 is 2.35 bits per heavy atom. The molecule has 1 aliphatic rings. The van der Waals surface area contributed by atoms with Gasteiger partial charge in [-0.15, -0.1) is 0 Å². The lowest BCUT2D eigenvalue weighted by Crippen LogP contribution is -2.36.